The second-order valence-corrected chi connectivity index (χ2v) is 4.45. The van der Waals surface area contributed by atoms with Gasteiger partial charge in [-0.2, -0.15) is 0 Å². The van der Waals surface area contributed by atoms with E-state index >= 15 is 0 Å². The molecule has 2 nitrogen and oxygen atoms in total. The summed E-state index contributed by atoms with van der Waals surface area (Å²) in [4.78, 5) is 4.36. The third-order valence-corrected chi connectivity index (χ3v) is 3.17. The van der Waals surface area contributed by atoms with E-state index in [1.165, 1.54) is 0 Å². The lowest BCUT2D eigenvalue weighted by Gasteiger charge is -2.25. The fourth-order valence-electron chi connectivity index (χ4n) is 2.06. The Labute approximate surface area is 89.5 Å². The van der Waals surface area contributed by atoms with Gasteiger partial charge < -0.3 is 5.73 Å². The topological polar surface area (TPSA) is 38.9 Å². The lowest BCUT2D eigenvalue weighted by Crippen LogP contribution is -2.25. The van der Waals surface area contributed by atoms with Gasteiger partial charge in [-0.15, -0.1) is 0 Å². The van der Waals surface area contributed by atoms with Crippen LogP contribution < -0.4 is 5.73 Å². The summed E-state index contributed by atoms with van der Waals surface area (Å²) >= 11 is 5.93. The molecule has 3 heteroatoms. The molecular formula is C11H15ClN2. The zero-order valence-electron chi connectivity index (χ0n) is 8.12. The zero-order chi connectivity index (χ0) is 9.97. The minimum Gasteiger partial charge on any atom is -0.328 e. The van der Waals surface area contributed by atoms with Crippen LogP contribution in [0.15, 0.2) is 18.3 Å². The Bertz CT molecular complexity index is 306. The molecule has 1 saturated carbocycles. The van der Waals surface area contributed by atoms with E-state index in [-0.39, 0.29) is 0 Å². The Balaban J connectivity index is 2.08. The average molecular weight is 211 g/mol. The standard InChI is InChI=1S/C11H15ClN2/c12-9-5-6-14-11(7-9)8-1-3-10(13)4-2-8/h5-8,10H,1-4,13H2. The third-order valence-electron chi connectivity index (χ3n) is 2.93. The maximum atomic E-state index is 5.93. The van der Waals surface area contributed by atoms with Crippen LogP contribution in [0.3, 0.4) is 0 Å². The van der Waals surface area contributed by atoms with Crippen molar-refractivity contribution >= 4 is 11.6 Å². The van der Waals surface area contributed by atoms with E-state index in [4.69, 9.17) is 17.3 Å². The molecule has 0 saturated heterocycles. The van der Waals surface area contributed by atoms with Crippen LogP contribution in [-0.4, -0.2) is 11.0 Å². The number of hydrogen-bond acceptors (Lipinski definition) is 2. The number of aromatic nitrogens is 1. The molecule has 0 atom stereocenters. The molecule has 0 radical (unpaired) electrons. The van der Waals surface area contributed by atoms with E-state index in [2.05, 4.69) is 4.98 Å². The maximum absolute atomic E-state index is 5.93. The number of rotatable bonds is 1. The summed E-state index contributed by atoms with van der Waals surface area (Å²) in [5, 5.41) is 0.782. The molecule has 14 heavy (non-hydrogen) atoms. The molecule has 1 aromatic rings. The maximum Gasteiger partial charge on any atom is 0.0449 e. The van der Waals surface area contributed by atoms with Crippen molar-refractivity contribution in [3.8, 4) is 0 Å². The van der Waals surface area contributed by atoms with Gasteiger partial charge in [0.1, 0.15) is 0 Å². The Morgan fingerprint density at radius 1 is 1.29 bits per heavy atom. The van der Waals surface area contributed by atoms with Crippen molar-refractivity contribution in [3.63, 3.8) is 0 Å². The van der Waals surface area contributed by atoms with Gasteiger partial charge in [-0.25, -0.2) is 0 Å². The number of hydrogen-bond donors (Lipinski definition) is 1. The van der Waals surface area contributed by atoms with Gasteiger partial charge in [0, 0.05) is 28.9 Å². The molecule has 0 amide bonds. The minimum atomic E-state index is 0.394. The predicted octanol–water partition coefficient (Wildman–Crippen LogP) is 2.72. The van der Waals surface area contributed by atoms with Crippen molar-refractivity contribution in [2.75, 3.05) is 0 Å². The Kier molecular flexibility index (Phi) is 3.04. The molecule has 2 N–H and O–H groups in total. The fraction of sp³-hybridized carbons (Fsp3) is 0.545. The molecule has 1 heterocycles. The molecule has 0 aromatic carbocycles. The highest BCUT2D eigenvalue weighted by molar-refractivity contribution is 6.30. The van der Waals surface area contributed by atoms with Gasteiger partial charge in [0.2, 0.25) is 0 Å². The van der Waals surface area contributed by atoms with Gasteiger partial charge >= 0.3 is 0 Å². The molecule has 76 valence electrons. The molecular weight excluding hydrogens is 196 g/mol. The number of halogens is 1. The van der Waals surface area contributed by atoms with E-state index in [0.717, 1.165) is 36.4 Å². The van der Waals surface area contributed by atoms with Crippen molar-refractivity contribution in [2.24, 2.45) is 5.73 Å². The summed E-state index contributed by atoms with van der Waals surface area (Å²) in [5.41, 5.74) is 6.99. The van der Waals surface area contributed by atoms with Crippen molar-refractivity contribution in [1.29, 1.82) is 0 Å². The number of nitrogens with two attached hydrogens (primary N) is 1. The number of pyridine rings is 1. The monoisotopic (exact) mass is 210 g/mol. The smallest absolute Gasteiger partial charge is 0.0449 e. The van der Waals surface area contributed by atoms with Gasteiger partial charge in [-0.05, 0) is 37.8 Å². The normalized spacial score (nSPS) is 27.6. The van der Waals surface area contributed by atoms with Crippen LogP contribution in [0.2, 0.25) is 5.02 Å². The fourth-order valence-corrected chi connectivity index (χ4v) is 2.23. The van der Waals surface area contributed by atoms with E-state index < -0.39 is 0 Å². The van der Waals surface area contributed by atoms with Crippen molar-refractivity contribution in [3.05, 3.63) is 29.0 Å². The Morgan fingerprint density at radius 3 is 2.64 bits per heavy atom. The lowest BCUT2D eigenvalue weighted by molar-refractivity contribution is 0.390. The van der Waals surface area contributed by atoms with Crippen LogP contribution in [-0.2, 0) is 0 Å². The second-order valence-electron chi connectivity index (χ2n) is 4.01. The average Bonchev–Trinajstić information content (AvgIpc) is 2.19. The van der Waals surface area contributed by atoms with Crippen molar-refractivity contribution in [1.82, 2.24) is 4.98 Å². The van der Waals surface area contributed by atoms with Gasteiger partial charge in [0.15, 0.2) is 0 Å². The molecule has 0 aliphatic heterocycles. The zero-order valence-corrected chi connectivity index (χ0v) is 8.87. The minimum absolute atomic E-state index is 0.394. The summed E-state index contributed by atoms with van der Waals surface area (Å²) in [5.74, 6) is 0.563. The largest absolute Gasteiger partial charge is 0.328 e. The Morgan fingerprint density at radius 2 is 2.00 bits per heavy atom. The highest BCUT2D eigenvalue weighted by atomic mass is 35.5. The van der Waals surface area contributed by atoms with Gasteiger partial charge in [-0.3, -0.25) is 4.98 Å². The van der Waals surface area contributed by atoms with E-state index in [9.17, 15) is 0 Å². The van der Waals surface area contributed by atoms with E-state index in [0.29, 0.717) is 12.0 Å². The van der Waals surface area contributed by atoms with Crippen LogP contribution in [0.25, 0.3) is 0 Å². The second kappa shape index (κ2) is 4.28. The van der Waals surface area contributed by atoms with Gasteiger partial charge in [-0.1, -0.05) is 11.6 Å². The van der Waals surface area contributed by atoms with Crippen molar-refractivity contribution in [2.45, 2.75) is 37.6 Å². The van der Waals surface area contributed by atoms with E-state index in [1.807, 2.05) is 12.1 Å². The first kappa shape index (κ1) is 9.94. The third kappa shape index (κ3) is 2.25. The first-order valence-corrected chi connectivity index (χ1v) is 5.50. The Hall–Kier alpha value is -0.600. The molecule has 1 aromatic heterocycles. The lowest BCUT2D eigenvalue weighted by atomic mass is 9.84. The molecule has 0 spiro atoms. The van der Waals surface area contributed by atoms with Crippen molar-refractivity contribution < 1.29 is 0 Å². The van der Waals surface area contributed by atoms with Crippen LogP contribution in [0.5, 0.6) is 0 Å². The quantitative estimate of drug-likeness (QED) is 0.774. The molecule has 1 aliphatic carbocycles. The SMILES string of the molecule is NC1CCC(c2cc(Cl)ccn2)CC1. The summed E-state index contributed by atoms with van der Waals surface area (Å²) in [6.07, 6.45) is 6.30. The summed E-state index contributed by atoms with van der Waals surface area (Å²) in [7, 11) is 0. The first-order chi connectivity index (χ1) is 6.75. The highest BCUT2D eigenvalue weighted by Gasteiger charge is 2.20. The molecule has 0 bridgehead atoms. The molecule has 1 fully saturated rings. The van der Waals surface area contributed by atoms with Crippen LogP contribution in [0, 0.1) is 0 Å². The molecule has 0 unspecified atom stereocenters. The van der Waals surface area contributed by atoms with Crippen LogP contribution in [0.1, 0.15) is 37.3 Å². The van der Waals surface area contributed by atoms with E-state index in [1.54, 1.807) is 6.20 Å². The number of nitrogens with zero attached hydrogens (tertiary/aromatic N) is 1. The van der Waals surface area contributed by atoms with Crippen LogP contribution in [0.4, 0.5) is 0 Å². The summed E-state index contributed by atoms with van der Waals surface area (Å²) < 4.78 is 0. The first-order valence-electron chi connectivity index (χ1n) is 5.13. The van der Waals surface area contributed by atoms with Gasteiger partial charge in [0.05, 0.1) is 0 Å². The van der Waals surface area contributed by atoms with Crippen LogP contribution >= 0.6 is 11.6 Å². The highest BCUT2D eigenvalue weighted by Crippen LogP contribution is 2.31. The summed E-state index contributed by atoms with van der Waals surface area (Å²) in [6.45, 7) is 0. The molecule has 2 rings (SSSR count). The molecule has 1 aliphatic rings. The van der Waals surface area contributed by atoms with Gasteiger partial charge in [0.25, 0.3) is 0 Å². The predicted molar refractivity (Wildman–Crippen MR) is 58.4 cm³/mol. The summed E-state index contributed by atoms with van der Waals surface area (Å²) in [6, 6.07) is 4.19.